The summed E-state index contributed by atoms with van der Waals surface area (Å²) in [5.74, 6) is 1.33. The Hall–Kier alpha value is -1.32. The van der Waals surface area contributed by atoms with Crippen LogP contribution < -0.4 is 4.74 Å². The van der Waals surface area contributed by atoms with E-state index in [1.807, 2.05) is 50.3 Å². The minimum absolute atomic E-state index is 0.271. The van der Waals surface area contributed by atoms with E-state index < -0.39 is 11.7 Å². The maximum atomic E-state index is 9.86. The first-order valence-corrected chi connectivity index (χ1v) is 8.12. The molecule has 0 aliphatic carbocycles. The van der Waals surface area contributed by atoms with E-state index in [1.165, 1.54) is 0 Å². The van der Waals surface area contributed by atoms with Gasteiger partial charge in [0, 0.05) is 0 Å². The molecule has 2 N–H and O–H groups in total. The topological polar surface area (TPSA) is 49.7 Å². The van der Waals surface area contributed by atoms with Gasteiger partial charge in [-0.3, -0.25) is 0 Å². The predicted octanol–water partition coefficient (Wildman–Crippen LogP) is 3.95. The van der Waals surface area contributed by atoms with E-state index in [0.29, 0.717) is 5.92 Å². The van der Waals surface area contributed by atoms with E-state index in [2.05, 4.69) is 6.92 Å². The summed E-state index contributed by atoms with van der Waals surface area (Å²) in [7, 11) is 0. The summed E-state index contributed by atoms with van der Waals surface area (Å²) in [4.78, 5) is 0. The van der Waals surface area contributed by atoms with Crippen LogP contribution in [0.2, 0.25) is 0 Å². The molecule has 1 rings (SSSR count). The van der Waals surface area contributed by atoms with Gasteiger partial charge in [0.2, 0.25) is 0 Å². The number of benzene rings is 1. The number of aliphatic hydroxyl groups excluding tert-OH is 1. The van der Waals surface area contributed by atoms with Gasteiger partial charge >= 0.3 is 0 Å². The third-order valence-corrected chi connectivity index (χ3v) is 3.55. The zero-order valence-corrected chi connectivity index (χ0v) is 14.0. The second-order valence-electron chi connectivity index (χ2n) is 6.67. The fourth-order valence-corrected chi connectivity index (χ4v) is 2.22. The lowest BCUT2D eigenvalue weighted by Gasteiger charge is -2.18. The molecule has 1 aromatic carbocycles. The Kier molecular flexibility index (Phi) is 8.21. The molecule has 0 heterocycles. The third-order valence-electron chi connectivity index (χ3n) is 3.55. The molecule has 1 unspecified atom stereocenters. The van der Waals surface area contributed by atoms with E-state index in [-0.39, 0.29) is 6.61 Å². The van der Waals surface area contributed by atoms with Gasteiger partial charge < -0.3 is 14.9 Å². The summed E-state index contributed by atoms with van der Waals surface area (Å²) in [5, 5.41) is 19.5. The molecule has 3 heteroatoms. The van der Waals surface area contributed by atoms with Gasteiger partial charge in [-0.1, -0.05) is 50.1 Å². The lowest BCUT2D eigenvalue weighted by atomic mass is 9.95. The van der Waals surface area contributed by atoms with Crippen LogP contribution in [-0.4, -0.2) is 28.5 Å². The molecule has 22 heavy (non-hydrogen) atoms. The molecule has 124 valence electrons. The average Bonchev–Trinajstić information content (AvgIpc) is 2.45. The Morgan fingerprint density at radius 3 is 2.55 bits per heavy atom. The van der Waals surface area contributed by atoms with Crippen molar-refractivity contribution in [2.75, 3.05) is 6.61 Å². The molecule has 1 aromatic rings. The highest BCUT2D eigenvalue weighted by Gasteiger charge is 2.12. The summed E-state index contributed by atoms with van der Waals surface area (Å²) < 4.78 is 5.50. The fourth-order valence-electron chi connectivity index (χ4n) is 2.22. The van der Waals surface area contributed by atoms with Crippen molar-refractivity contribution in [1.82, 2.24) is 0 Å². The summed E-state index contributed by atoms with van der Waals surface area (Å²) in [6.07, 6.45) is 7.12. The molecular weight excluding hydrogens is 276 g/mol. The maximum absolute atomic E-state index is 9.86. The molecule has 0 aliphatic rings. The fraction of sp³-hybridized carbons (Fsp3) is 0.579. The van der Waals surface area contributed by atoms with E-state index in [1.54, 1.807) is 6.08 Å². The Labute approximate surface area is 134 Å². The lowest BCUT2D eigenvalue weighted by Crippen LogP contribution is -2.18. The number of hydrogen-bond donors (Lipinski definition) is 2. The standard InChI is InChI=1S/C19H30O3/c1-16(10-8-14-19(2,3)21)9-7-11-17(20)15-22-18-12-5-4-6-13-18/h4-7,11-13,16-17,20-21H,8-10,14-15H2,1-3H3/t16-,17?/m0/s1. The number of allylic oxidation sites excluding steroid dienone is 1. The molecule has 3 nitrogen and oxygen atoms in total. The first kappa shape index (κ1) is 18.7. The van der Waals surface area contributed by atoms with Gasteiger partial charge in [0.25, 0.3) is 0 Å². The van der Waals surface area contributed by atoms with Crippen molar-refractivity contribution in [3.8, 4) is 5.75 Å². The zero-order chi connectivity index (χ0) is 16.4. The second kappa shape index (κ2) is 9.65. The molecule has 0 bridgehead atoms. The van der Waals surface area contributed by atoms with Crippen LogP contribution in [0.4, 0.5) is 0 Å². The molecule has 0 fully saturated rings. The summed E-state index contributed by atoms with van der Waals surface area (Å²) in [6.45, 7) is 6.16. The Morgan fingerprint density at radius 2 is 1.91 bits per heavy atom. The van der Waals surface area contributed by atoms with Gasteiger partial charge in [-0.2, -0.15) is 0 Å². The second-order valence-corrected chi connectivity index (χ2v) is 6.67. The highest BCUT2D eigenvalue weighted by Crippen LogP contribution is 2.18. The Bertz CT molecular complexity index is 420. The summed E-state index contributed by atoms with van der Waals surface area (Å²) in [6, 6.07) is 9.50. The predicted molar refractivity (Wildman–Crippen MR) is 91.0 cm³/mol. The molecule has 0 saturated heterocycles. The van der Waals surface area contributed by atoms with E-state index in [4.69, 9.17) is 4.74 Å². The Morgan fingerprint density at radius 1 is 1.23 bits per heavy atom. The first-order valence-electron chi connectivity index (χ1n) is 8.12. The molecule has 0 aliphatic heterocycles. The van der Waals surface area contributed by atoms with Crippen LogP contribution in [0.15, 0.2) is 42.5 Å². The molecular formula is C19H30O3. The lowest BCUT2D eigenvalue weighted by molar-refractivity contribution is 0.0670. The van der Waals surface area contributed by atoms with Crippen molar-refractivity contribution in [2.45, 2.75) is 58.2 Å². The highest BCUT2D eigenvalue weighted by molar-refractivity contribution is 5.21. The van der Waals surface area contributed by atoms with Crippen LogP contribution in [0.3, 0.4) is 0 Å². The number of hydrogen-bond acceptors (Lipinski definition) is 3. The average molecular weight is 306 g/mol. The quantitative estimate of drug-likeness (QED) is 0.644. The molecule has 0 aromatic heterocycles. The Balaban J connectivity index is 2.15. The summed E-state index contributed by atoms with van der Waals surface area (Å²) >= 11 is 0. The maximum Gasteiger partial charge on any atom is 0.119 e. The van der Waals surface area contributed by atoms with Crippen molar-refractivity contribution in [1.29, 1.82) is 0 Å². The smallest absolute Gasteiger partial charge is 0.119 e. The van der Waals surface area contributed by atoms with Crippen molar-refractivity contribution in [3.63, 3.8) is 0 Å². The van der Waals surface area contributed by atoms with Gasteiger partial charge in [-0.05, 0) is 44.7 Å². The number of para-hydroxylation sites is 1. The molecule has 0 saturated carbocycles. The van der Waals surface area contributed by atoms with Crippen molar-refractivity contribution >= 4 is 0 Å². The van der Waals surface area contributed by atoms with Crippen molar-refractivity contribution in [2.24, 2.45) is 5.92 Å². The number of rotatable bonds is 10. The van der Waals surface area contributed by atoms with Crippen LogP contribution in [0.1, 0.15) is 46.5 Å². The van der Waals surface area contributed by atoms with Crippen molar-refractivity contribution in [3.05, 3.63) is 42.5 Å². The molecule has 0 radical (unpaired) electrons. The van der Waals surface area contributed by atoms with Crippen LogP contribution in [0.25, 0.3) is 0 Å². The van der Waals surface area contributed by atoms with Crippen LogP contribution >= 0.6 is 0 Å². The largest absolute Gasteiger partial charge is 0.491 e. The van der Waals surface area contributed by atoms with Crippen LogP contribution in [0.5, 0.6) is 5.75 Å². The zero-order valence-electron chi connectivity index (χ0n) is 14.0. The molecule has 0 spiro atoms. The van der Waals surface area contributed by atoms with Gasteiger partial charge in [-0.25, -0.2) is 0 Å². The van der Waals surface area contributed by atoms with Crippen LogP contribution in [0, 0.1) is 5.92 Å². The number of aliphatic hydroxyl groups is 2. The van der Waals surface area contributed by atoms with Gasteiger partial charge in [0.05, 0.1) is 5.60 Å². The highest BCUT2D eigenvalue weighted by atomic mass is 16.5. The van der Waals surface area contributed by atoms with E-state index in [9.17, 15) is 10.2 Å². The van der Waals surface area contributed by atoms with E-state index in [0.717, 1.165) is 31.4 Å². The van der Waals surface area contributed by atoms with Gasteiger partial charge in [0.15, 0.2) is 0 Å². The molecule has 2 atom stereocenters. The van der Waals surface area contributed by atoms with Gasteiger partial charge in [0.1, 0.15) is 18.5 Å². The molecule has 0 amide bonds. The normalized spacial score (nSPS) is 15.0. The van der Waals surface area contributed by atoms with Crippen LogP contribution in [-0.2, 0) is 0 Å². The monoisotopic (exact) mass is 306 g/mol. The van der Waals surface area contributed by atoms with Crippen molar-refractivity contribution < 1.29 is 14.9 Å². The minimum Gasteiger partial charge on any atom is -0.491 e. The van der Waals surface area contributed by atoms with E-state index >= 15 is 0 Å². The number of ether oxygens (including phenoxy) is 1. The first-order chi connectivity index (χ1) is 10.4. The van der Waals surface area contributed by atoms with Gasteiger partial charge in [-0.15, -0.1) is 0 Å². The third kappa shape index (κ3) is 9.59. The summed E-state index contributed by atoms with van der Waals surface area (Å²) in [5.41, 5.74) is -0.569. The SMILES string of the molecule is C[C@@H](CC=CC(O)COc1ccccc1)CCCC(C)(C)O. The minimum atomic E-state index is -0.580.